The van der Waals surface area contributed by atoms with E-state index in [2.05, 4.69) is 0 Å². The first-order valence-electron chi connectivity index (χ1n) is 5.58. The third-order valence-corrected chi connectivity index (χ3v) is 3.39. The van der Waals surface area contributed by atoms with E-state index in [4.69, 9.17) is 0 Å². The van der Waals surface area contributed by atoms with Gasteiger partial charge in [-0.15, -0.1) is 0 Å². The van der Waals surface area contributed by atoms with Gasteiger partial charge in [-0.1, -0.05) is 32.0 Å². The Morgan fingerprint density at radius 1 is 1.33 bits per heavy atom. The maximum absolute atomic E-state index is 12.5. The van der Waals surface area contributed by atoms with Gasteiger partial charge < -0.3 is 0 Å². The smallest absolute Gasteiger partial charge is 0.298 e. The zero-order valence-corrected chi connectivity index (χ0v) is 11.1. The van der Waals surface area contributed by atoms with Gasteiger partial charge in [-0.2, -0.15) is 24.9 Å². The van der Waals surface area contributed by atoms with Crippen molar-refractivity contribution < 1.29 is 18.0 Å². The van der Waals surface area contributed by atoms with Gasteiger partial charge in [0, 0.05) is 6.42 Å². The molecule has 18 heavy (non-hydrogen) atoms. The summed E-state index contributed by atoms with van der Waals surface area (Å²) in [7, 11) is 0. The lowest BCUT2D eigenvalue weighted by Gasteiger charge is -2.08. The number of carbonyl (C=O) groups is 1. The maximum atomic E-state index is 12.5. The monoisotopic (exact) mass is 276 g/mol. The summed E-state index contributed by atoms with van der Waals surface area (Å²) in [6, 6.07) is 4.93. The highest BCUT2D eigenvalue weighted by atomic mass is 32.2. The summed E-state index contributed by atoms with van der Waals surface area (Å²) >= 11 is 1.50. The van der Waals surface area contributed by atoms with Crippen molar-refractivity contribution in [1.29, 1.82) is 0 Å². The van der Waals surface area contributed by atoms with Crippen LogP contribution in [0.2, 0.25) is 0 Å². The molecule has 1 nitrogen and oxygen atoms in total. The van der Waals surface area contributed by atoms with E-state index in [1.807, 2.05) is 13.8 Å². The first-order valence-corrected chi connectivity index (χ1v) is 6.63. The fraction of sp³-hybridized carbons (Fsp3) is 0.462. The molecule has 1 aromatic carbocycles. The van der Waals surface area contributed by atoms with Crippen LogP contribution in [0.4, 0.5) is 13.2 Å². The Morgan fingerprint density at radius 2 is 2.00 bits per heavy atom. The van der Waals surface area contributed by atoms with E-state index in [0.29, 0.717) is 16.6 Å². The molecule has 0 atom stereocenters. The number of halogens is 3. The molecule has 100 valence electrons. The predicted octanol–water partition coefficient (Wildman–Crippen LogP) is 3.96. The molecule has 0 heterocycles. The molecular formula is C13H15F3OS. The lowest BCUT2D eigenvalue weighted by Crippen LogP contribution is -2.10. The van der Waals surface area contributed by atoms with Crippen molar-refractivity contribution in [1.82, 2.24) is 0 Å². The van der Waals surface area contributed by atoms with Crippen molar-refractivity contribution in [2.75, 3.05) is 5.75 Å². The summed E-state index contributed by atoms with van der Waals surface area (Å²) in [6.45, 7) is 3.95. The van der Waals surface area contributed by atoms with E-state index >= 15 is 0 Å². The van der Waals surface area contributed by atoms with Gasteiger partial charge in [-0.05, 0) is 16.9 Å². The van der Waals surface area contributed by atoms with Gasteiger partial charge in [0.05, 0.1) is 11.3 Å². The van der Waals surface area contributed by atoms with Gasteiger partial charge in [0.25, 0.3) is 0 Å². The van der Waals surface area contributed by atoms with Crippen LogP contribution in [0.5, 0.6) is 0 Å². The van der Waals surface area contributed by atoms with Crippen LogP contribution in [0.3, 0.4) is 0 Å². The molecule has 0 aromatic heterocycles. The Morgan fingerprint density at radius 3 is 2.56 bits per heavy atom. The Kier molecular flexibility index (Phi) is 5.26. The van der Waals surface area contributed by atoms with Gasteiger partial charge >= 0.3 is 6.18 Å². The Bertz CT molecular complexity index is 413. The van der Waals surface area contributed by atoms with E-state index in [9.17, 15) is 18.0 Å². The van der Waals surface area contributed by atoms with E-state index in [1.165, 1.54) is 17.8 Å². The number of hydrogen-bond donors (Lipinski definition) is 0. The number of hydrogen-bond acceptors (Lipinski definition) is 2. The lowest BCUT2D eigenvalue weighted by molar-refractivity contribution is -0.137. The van der Waals surface area contributed by atoms with Gasteiger partial charge in [-0.25, -0.2) is 0 Å². The number of alkyl halides is 3. The van der Waals surface area contributed by atoms with Gasteiger partial charge in [0.2, 0.25) is 0 Å². The molecule has 1 rings (SSSR count). The number of ketones is 1. The summed E-state index contributed by atoms with van der Waals surface area (Å²) in [4.78, 5) is 11.6. The van der Waals surface area contributed by atoms with Crippen molar-refractivity contribution in [3.63, 3.8) is 0 Å². The molecule has 0 unspecified atom stereocenters. The molecule has 0 bridgehead atoms. The lowest BCUT2D eigenvalue weighted by atomic mass is 10.1. The van der Waals surface area contributed by atoms with Crippen molar-refractivity contribution in [2.24, 2.45) is 0 Å². The van der Waals surface area contributed by atoms with Gasteiger partial charge in [0.15, 0.2) is 0 Å². The molecule has 1 aromatic rings. The molecule has 0 fully saturated rings. The first-order chi connectivity index (χ1) is 8.29. The minimum atomic E-state index is -4.36. The maximum Gasteiger partial charge on any atom is 0.416 e. The zero-order valence-electron chi connectivity index (χ0n) is 10.3. The Hall–Kier alpha value is -0.970. The van der Waals surface area contributed by atoms with Crippen LogP contribution in [0.15, 0.2) is 24.3 Å². The third kappa shape index (κ3) is 5.12. The van der Waals surface area contributed by atoms with Crippen LogP contribution < -0.4 is 0 Å². The predicted molar refractivity (Wildman–Crippen MR) is 67.7 cm³/mol. The Balaban J connectivity index is 2.65. The van der Waals surface area contributed by atoms with Crippen molar-refractivity contribution in [3.05, 3.63) is 35.4 Å². The van der Waals surface area contributed by atoms with E-state index in [1.54, 1.807) is 6.07 Å². The molecule has 0 saturated carbocycles. The molecule has 5 heteroatoms. The molecule has 0 aliphatic rings. The van der Waals surface area contributed by atoms with Crippen LogP contribution in [0.1, 0.15) is 25.0 Å². The molecule has 0 aliphatic heterocycles. The van der Waals surface area contributed by atoms with Crippen LogP contribution in [0.25, 0.3) is 0 Å². The van der Waals surface area contributed by atoms with Gasteiger partial charge in [-0.3, -0.25) is 4.79 Å². The summed E-state index contributed by atoms with van der Waals surface area (Å²) in [5.41, 5.74) is -0.288. The van der Waals surface area contributed by atoms with Gasteiger partial charge in [0.1, 0.15) is 5.78 Å². The molecule has 0 spiro atoms. The fourth-order valence-electron chi connectivity index (χ4n) is 1.40. The molecule has 0 radical (unpaired) electrons. The van der Waals surface area contributed by atoms with Crippen molar-refractivity contribution in [2.45, 2.75) is 31.7 Å². The normalized spacial score (nSPS) is 11.9. The molecule has 0 saturated heterocycles. The highest BCUT2D eigenvalue weighted by molar-refractivity contribution is 8.00. The molecule has 0 N–H and O–H groups in total. The average Bonchev–Trinajstić information content (AvgIpc) is 2.25. The average molecular weight is 276 g/mol. The minimum absolute atomic E-state index is 0.0481. The fourth-order valence-corrected chi connectivity index (χ4v) is 2.02. The van der Waals surface area contributed by atoms with E-state index < -0.39 is 11.7 Å². The zero-order chi connectivity index (χ0) is 13.8. The minimum Gasteiger partial charge on any atom is -0.298 e. The standard InChI is InChI=1S/C13H15F3OS/c1-9(2)18-8-12(17)7-10-4-3-5-11(6-10)13(14,15)16/h3-6,9H,7-8H2,1-2H3. The van der Waals surface area contributed by atoms with Crippen LogP contribution in [-0.2, 0) is 17.4 Å². The first kappa shape index (κ1) is 15.1. The number of benzene rings is 1. The summed E-state index contributed by atoms with van der Waals surface area (Å²) in [6.07, 6.45) is -4.30. The number of carbonyl (C=O) groups excluding carboxylic acids is 1. The van der Waals surface area contributed by atoms with E-state index in [0.717, 1.165) is 12.1 Å². The second-order valence-electron chi connectivity index (χ2n) is 4.27. The highest BCUT2D eigenvalue weighted by Crippen LogP contribution is 2.29. The highest BCUT2D eigenvalue weighted by Gasteiger charge is 2.30. The molecule has 0 amide bonds. The molecule has 0 aliphatic carbocycles. The molecular weight excluding hydrogens is 261 g/mol. The third-order valence-electron chi connectivity index (χ3n) is 2.23. The largest absolute Gasteiger partial charge is 0.416 e. The summed E-state index contributed by atoms with van der Waals surface area (Å²) < 4.78 is 37.4. The SMILES string of the molecule is CC(C)SCC(=O)Cc1cccc(C(F)(F)F)c1. The van der Waals surface area contributed by atoms with Crippen LogP contribution in [-0.4, -0.2) is 16.8 Å². The topological polar surface area (TPSA) is 17.1 Å². The second-order valence-corrected chi connectivity index (χ2v) is 5.84. The quantitative estimate of drug-likeness (QED) is 0.809. The summed E-state index contributed by atoms with van der Waals surface area (Å²) in [5, 5.41) is 0.343. The number of Topliss-reactive ketones (excluding diaryl/α,β-unsaturated/α-hetero) is 1. The second kappa shape index (κ2) is 6.27. The Labute approximate surface area is 109 Å². The van der Waals surface area contributed by atoms with Crippen molar-refractivity contribution in [3.8, 4) is 0 Å². The van der Waals surface area contributed by atoms with E-state index in [-0.39, 0.29) is 12.2 Å². The van der Waals surface area contributed by atoms with Crippen LogP contribution >= 0.6 is 11.8 Å². The van der Waals surface area contributed by atoms with Crippen molar-refractivity contribution >= 4 is 17.5 Å². The number of rotatable bonds is 5. The summed E-state index contributed by atoms with van der Waals surface area (Å²) in [5.74, 6) is 0.293. The van der Waals surface area contributed by atoms with Crippen LogP contribution in [0, 0.1) is 0 Å². The number of thioether (sulfide) groups is 1.